The van der Waals surface area contributed by atoms with Crippen LogP contribution in [-0.2, 0) is 0 Å². The second-order valence-electron chi connectivity index (χ2n) is 5.29. The van der Waals surface area contributed by atoms with E-state index >= 15 is 0 Å². The lowest BCUT2D eigenvalue weighted by molar-refractivity contribution is 0.833. The summed E-state index contributed by atoms with van der Waals surface area (Å²) in [4.78, 5) is 1.31. The van der Waals surface area contributed by atoms with Gasteiger partial charge in [0.25, 0.3) is 0 Å². The Hall–Kier alpha value is -1.77. The number of hydrogen-bond donors (Lipinski definition) is 1. The third-order valence-corrected chi connectivity index (χ3v) is 5.01. The van der Waals surface area contributed by atoms with Gasteiger partial charge in [-0.15, -0.1) is 11.8 Å². The maximum atomic E-state index is 6.36. The van der Waals surface area contributed by atoms with E-state index in [9.17, 15) is 0 Å². The van der Waals surface area contributed by atoms with Gasteiger partial charge in [0.1, 0.15) is 0 Å². The minimum Gasteiger partial charge on any atom is -0.323 e. The highest BCUT2D eigenvalue weighted by Gasteiger charge is 2.08. The second kappa shape index (κ2) is 6.33. The zero-order valence-corrected chi connectivity index (χ0v) is 12.9. The number of rotatable bonds is 4. The summed E-state index contributed by atoms with van der Waals surface area (Å²) in [5.41, 5.74) is 8.88. The second-order valence-corrected chi connectivity index (χ2v) is 6.35. The SMILES string of the molecule is Cc1ccccc1SCC(N)c1ccc2ccccc2c1. The monoisotopic (exact) mass is 293 g/mol. The van der Waals surface area contributed by atoms with E-state index in [1.54, 1.807) is 0 Å². The zero-order valence-electron chi connectivity index (χ0n) is 12.1. The van der Waals surface area contributed by atoms with Crippen LogP contribution < -0.4 is 5.73 Å². The molecule has 0 amide bonds. The Bertz CT molecular complexity index is 751. The average molecular weight is 293 g/mol. The van der Waals surface area contributed by atoms with Crippen LogP contribution in [0.25, 0.3) is 10.8 Å². The molecular weight excluding hydrogens is 274 g/mol. The van der Waals surface area contributed by atoms with Crippen LogP contribution >= 0.6 is 11.8 Å². The summed E-state index contributed by atoms with van der Waals surface area (Å²) in [5.74, 6) is 0.892. The van der Waals surface area contributed by atoms with Crippen LogP contribution in [0.4, 0.5) is 0 Å². The van der Waals surface area contributed by atoms with Crippen molar-refractivity contribution in [1.82, 2.24) is 0 Å². The Balaban J connectivity index is 1.75. The summed E-state index contributed by atoms with van der Waals surface area (Å²) in [7, 11) is 0. The fraction of sp³-hybridized carbons (Fsp3) is 0.158. The number of benzene rings is 3. The van der Waals surface area contributed by atoms with Gasteiger partial charge in [-0.25, -0.2) is 0 Å². The third-order valence-electron chi connectivity index (χ3n) is 3.71. The van der Waals surface area contributed by atoms with Crippen molar-refractivity contribution in [3.63, 3.8) is 0 Å². The van der Waals surface area contributed by atoms with Gasteiger partial charge >= 0.3 is 0 Å². The van der Waals surface area contributed by atoms with Crippen molar-refractivity contribution in [2.75, 3.05) is 5.75 Å². The van der Waals surface area contributed by atoms with Gasteiger partial charge in [0.15, 0.2) is 0 Å². The molecule has 106 valence electrons. The highest BCUT2D eigenvalue weighted by molar-refractivity contribution is 7.99. The molecule has 0 saturated carbocycles. The molecule has 0 fully saturated rings. The Kier molecular flexibility index (Phi) is 4.28. The quantitative estimate of drug-likeness (QED) is 0.689. The van der Waals surface area contributed by atoms with Crippen molar-refractivity contribution in [2.45, 2.75) is 17.9 Å². The number of fused-ring (bicyclic) bond motifs is 1. The van der Waals surface area contributed by atoms with E-state index in [4.69, 9.17) is 5.73 Å². The minimum atomic E-state index is 0.0548. The van der Waals surface area contributed by atoms with E-state index in [1.807, 2.05) is 11.8 Å². The van der Waals surface area contributed by atoms with Crippen molar-refractivity contribution in [3.8, 4) is 0 Å². The van der Waals surface area contributed by atoms with E-state index in [2.05, 4.69) is 73.7 Å². The van der Waals surface area contributed by atoms with Crippen LogP contribution in [0, 0.1) is 6.92 Å². The first-order valence-electron chi connectivity index (χ1n) is 7.17. The molecule has 1 nitrogen and oxygen atoms in total. The Labute approximate surface area is 130 Å². The minimum absolute atomic E-state index is 0.0548. The molecule has 0 aliphatic rings. The van der Waals surface area contributed by atoms with E-state index in [0.717, 1.165) is 5.75 Å². The highest BCUT2D eigenvalue weighted by atomic mass is 32.2. The van der Waals surface area contributed by atoms with Gasteiger partial charge in [-0.05, 0) is 41.0 Å². The Morgan fingerprint density at radius 1 is 0.905 bits per heavy atom. The smallest absolute Gasteiger partial charge is 0.0390 e. The van der Waals surface area contributed by atoms with E-state index in [0.29, 0.717) is 0 Å². The van der Waals surface area contributed by atoms with Gasteiger partial charge in [0.2, 0.25) is 0 Å². The predicted molar refractivity (Wildman–Crippen MR) is 92.8 cm³/mol. The first-order chi connectivity index (χ1) is 10.2. The van der Waals surface area contributed by atoms with E-state index < -0.39 is 0 Å². The summed E-state index contributed by atoms with van der Waals surface area (Å²) in [6.07, 6.45) is 0. The first kappa shape index (κ1) is 14.2. The third kappa shape index (κ3) is 3.29. The van der Waals surface area contributed by atoms with Crippen LogP contribution in [0.3, 0.4) is 0 Å². The summed E-state index contributed by atoms with van der Waals surface area (Å²) in [6.45, 7) is 2.14. The molecule has 2 N–H and O–H groups in total. The largest absolute Gasteiger partial charge is 0.323 e. The van der Waals surface area contributed by atoms with Gasteiger partial charge in [-0.1, -0.05) is 54.6 Å². The van der Waals surface area contributed by atoms with Gasteiger partial charge in [-0.2, -0.15) is 0 Å². The Morgan fingerprint density at radius 3 is 2.43 bits per heavy atom. The first-order valence-corrected chi connectivity index (χ1v) is 8.15. The summed E-state index contributed by atoms with van der Waals surface area (Å²) >= 11 is 1.83. The van der Waals surface area contributed by atoms with Crippen LogP contribution in [0.1, 0.15) is 17.2 Å². The van der Waals surface area contributed by atoms with Crippen molar-refractivity contribution in [2.24, 2.45) is 5.73 Å². The molecule has 3 rings (SSSR count). The normalized spacial score (nSPS) is 12.5. The van der Waals surface area contributed by atoms with Gasteiger partial charge in [0, 0.05) is 16.7 Å². The fourth-order valence-corrected chi connectivity index (χ4v) is 3.45. The average Bonchev–Trinajstić information content (AvgIpc) is 2.53. The van der Waals surface area contributed by atoms with Crippen LogP contribution in [0.15, 0.2) is 71.6 Å². The van der Waals surface area contributed by atoms with Gasteiger partial charge in [0.05, 0.1) is 0 Å². The van der Waals surface area contributed by atoms with E-state index in [-0.39, 0.29) is 6.04 Å². The van der Waals surface area contributed by atoms with Crippen molar-refractivity contribution < 1.29 is 0 Å². The molecule has 0 saturated heterocycles. The summed E-state index contributed by atoms with van der Waals surface area (Å²) in [5, 5.41) is 2.52. The maximum Gasteiger partial charge on any atom is 0.0390 e. The Morgan fingerprint density at radius 2 is 1.62 bits per heavy atom. The molecule has 1 atom stereocenters. The maximum absolute atomic E-state index is 6.36. The van der Waals surface area contributed by atoms with Crippen molar-refractivity contribution in [3.05, 3.63) is 77.9 Å². The molecule has 1 unspecified atom stereocenters. The molecule has 0 spiro atoms. The number of hydrogen-bond acceptors (Lipinski definition) is 2. The van der Waals surface area contributed by atoms with Crippen molar-refractivity contribution >= 4 is 22.5 Å². The van der Waals surface area contributed by atoms with Gasteiger partial charge in [-0.3, -0.25) is 0 Å². The molecule has 0 aliphatic heterocycles. The van der Waals surface area contributed by atoms with Gasteiger partial charge < -0.3 is 5.73 Å². The van der Waals surface area contributed by atoms with Crippen LogP contribution in [-0.4, -0.2) is 5.75 Å². The molecular formula is C19H19NS. The molecule has 3 aromatic carbocycles. The standard InChI is InChI=1S/C19H19NS/c1-14-6-2-5-9-19(14)21-13-18(20)17-11-10-15-7-3-4-8-16(15)12-17/h2-12,18H,13,20H2,1H3. The number of thioether (sulfide) groups is 1. The molecule has 2 heteroatoms. The molecule has 0 aliphatic carbocycles. The lowest BCUT2D eigenvalue weighted by Gasteiger charge is -2.13. The fourth-order valence-electron chi connectivity index (χ4n) is 2.43. The lowest BCUT2D eigenvalue weighted by Crippen LogP contribution is -2.12. The van der Waals surface area contributed by atoms with Crippen LogP contribution in [0.2, 0.25) is 0 Å². The topological polar surface area (TPSA) is 26.0 Å². The zero-order chi connectivity index (χ0) is 14.7. The lowest BCUT2D eigenvalue weighted by atomic mass is 10.0. The van der Waals surface area contributed by atoms with E-state index in [1.165, 1.54) is 26.8 Å². The molecule has 21 heavy (non-hydrogen) atoms. The summed E-state index contributed by atoms with van der Waals surface area (Å²) in [6, 6.07) is 23.4. The van der Waals surface area contributed by atoms with Crippen molar-refractivity contribution in [1.29, 1.82) is 0 Å². The molecule has 0 radical (unpaired) electrons. The predicted octanol–water partition coefficient (Wildman–Crippen LogP) is 4.94. The molecule has 0 aromatic heterocycles. The summed E-state index contributed by atoms with van der Waals surface area (Å²) < 4.78 is 0. The highest BCUT2D eigenvalue weighted by Crippen LogP contribution is 2.27. The molecule has 0 bridgehead atoms. The number of nitrogens with two attached hydrogens (primary N) is 1. The molecule has 0 heterocycles. The molecule has 3 aromatic rings. The van der Waals surface area contributed by atoms with Crippen LogP contribution in [0.5, 0.6) is 0 Å². The number of aryl methyl sites for hydroxylation is 1.